The molecule has 2 aliphatic rings. The van der Waals surface area contributed by atoms with Crippen LogP contribution >= 0.6 is 11.8 Å². The number of nitrogens with one attached hydrogen (secondary N) is 2. The van der Waals surface area contributed by atoms with E-state index in [0.717, 1.165) is 12.6 Å². The average molecular weight is 301 g/mol. The average Bonchev–Trinajstić information content (AvgIpc) is 3.00. The van der Waals surface area contributed by atoms with Gasteiger partial charge >= 0.3 is 6.03 Å². The molecule has 2 rings (SSSR count). The van der Waals surface area contributed by atoms with E-state index in [-0.39, 0.29) is 6.03 Å². The molecule has 0 aromatic rings. The third kappa shape index (κ3) is 5.14. The highest BCUT2D eigenvalue weighted by Crippen LogP contribution is 2.26. The second-order valence-corrected chi connectivity index (χ2v) is 6.78. The summed E-state index contributed by atoms with van der Waals surface area (Å²) in [5.74, 6) is 3.27. The molecule has 2 heterocycles. The number of methoxy groups -OCH3 is 1. The molecule has 2 fully saturated rings. The number of carbonyl (C=O) groups excluding carboxylic acids is 1. The quantitative estimate of drug-likeness (QED) is 0.723. The van der Waals surface area contributed by atoms with Gasteiger partial charge in [-0.3, -0.25) is 4.90 Å². The summed E-state index contributed by atoms with van der Waals surface area (Å²) in [7, 11) is 1.64. The van der Waals surface area contributed by atoms with Crippen LogP contribution in [0.3, 0.4) is 0 Å². The Hall–Kier alpha value is -0.460. The van der Waals surface area contributed by atoms with E-state index in [0.29, 0.717) is 19.1 Å². The molecular weight excluding hydrogens is 274 g/mol. The van der Waals surface area contributed by atoms with Crippen molar-refractivity contribution >= 4 is 17.8 Å². The summed E-state index contributed by atoms with van der Waals surface area (Å²) in [5, 5.41) is 5.76. The molecule has 0 aromatic heterocycles. The van der Waals surface area contributed by atoms with Crippen LogP contribution in [0.5, 0.6) is 0 Å². The zero-order valence-corrected chi connectivity index (χ0v) is 13.2. The van der Waals surface area contributed by atoms with Crippen molar-refractivity contribution < 1.29 is 9.53 Å². The number of urea groups is 1. The van der Waals surface area contributed by atoms with Gasteiger partial charge in [0.1, 0.15) is 0 Å². The summed E-state index contributed by atoms with van der Waals surface area (Å²) in [6, 6.07) is 0.739. The summed E-state index contributed by atoms with van der Waals surface area (Å²) in [6.45, 7) is 4.32. The number of hydrogen-bond donors (Lipinski definition) is 2. The Morgan fingerprint density at radius 2 is 2.10 bits per heavy atom. The SMILES string of the molecule is COCCNC(=O)NCC1CCN(C2CCSC2)CC1. The van der Waals surface area contributed by atoms with E-state index >= 15 is 0 Å². The number of amides is 2. The first-order valence-corrected chi connectivity index (χ1v) is 8.77. The molecule has 0 saturated carbocycles. The first-order valence-electron chi connectivity index (χ1n) is 7.62. The van der Waals surface area contributed by atoms with E-state index in [2.05, 4.69) is 27.3 Å². The van der Waals surface area contributed by atoms with Crippen LogP contribution in [-0.4, -0.2) is 68.4 Å². The number of nitrogens with zero attached hydrogens (tertiary/aromatic N) is 1. The fraction of sp³-hybridized carbons (Fsp3) is 0.929. The van der Waals surface area contributed by atoms with Gasteiger partial charge in [-0.25, -0.2) is 4.79 Å². The van der Waals surface area contributed by atoms with Crippen molar-refractivity contribution in [3.63, 3.8) is 0 Å². The fourth-order valence-electron chi connectivity index (χ4n) is 2.90. The molecule has 1 atom stereocenters. The minimum absolute atomic E-state index is 0.0725. The van der Waals surface area contributed by atoms with Crippen molar-refractivity contribution in [2.75, 3.05) is 51.4 Å². The maximum Gasteiger partial charge on any atom is 0.314 e. The zero-order chi connectivity index (χ0) is 14.2. The number of rotatable bonds is 6. The van der Waals surface area contributed by atoms with E-state index in [1.165, 1.54) is 43.9 Å². The number of thioether (sulfide) groups is 1. The van der Waals surface area contributed by atoms with Gasteiger partial charge in [-0.05, 0) is 44.0 Å². The molecule has 0 spiro atoms. The third-order valence-corrected chi connectivity index (χ3v) is 5.36. The van der Waals surface area contributed by atoms with Gasteiger partial charge in [0.2, 0.25) is 0 Å². The topological polar surface area (TPSA) is 53.6 Å². The Morgan fingerprint density at radius 1 is 1.30 bits per heavy atom. The Balaban J connectivity index is 1.56. The molecule has 0 aromatic carbocycles. The highest BCUT2D eigenvalue weighted by atomic mass is 32.2. The first-order chi connectivity index (χ1) is 9.79. The molecular formula is C14H27N3O2S. The maximum atomic E-state index is 11.5. The lowest BCUT2D eigenvalue weighted by molar-refractivity contribution is 0.143. The van der Waals surface area contributed by atoms with E-state index < -0.39 is 0 Å². The van der Waals surface area contributed by atoms with Crippen LogP contribution in [0.15, 0.2) is 0 Å². The molecule has 0 bridgehead atoms. The number of carbonyl (C=O) groups is 1. The minimum Gasteiger partial charge on any atom is -0.383 e. The molecule has 5 nitrogen and oxygen atoms in total. The van der Waals surface area contributed by atoms with E-state index in [1.807, 2.05) is 0 Å². The number of ether oxygens (including phenoxy) is 1. The predicted octanol–water partition coefficient (Wildman–Crippen LogP) is 1.15. The van der Waals surface area contributed by atoms with Crippen molar-refractivity contribution in [1.82, 2.24) is 15.5 Å². The fourth-order valence-corrected chi connectivity index (χ4v) is 4.15. The highest BCUT2D eigenvalue weighted by molar-refractivity contribution is 7.99. The largest absolute Gasteiger partial charge is 0.383 e. The van der Waals surface area contributed by atoms with Crippen LogP contribution in [0.2, 0.25) is 0 Å². The molecule has 2 amide bonds. The van der Waals surface area contributed by atoms with Gasteiger partial charge in [0, 0.05) is 32.0 Å². The van der Waals surface area contributed by atoms with E-state index in [1.54, 1.807) is 7.11 Å². The molecule has 1 unspecified atom stereocenters. The standard InChI is InChI=1S/C14H27N3O2S/c1-19-8-5-15-14(18)16-10-12-2-6-17(7-3-12)13-4-9-20-11-13/h12-13H,2-11H2,1H3,(H2,15,16,18). The summed E-state index contributed by atoms with van der Waals surface area (Å²) < 4.78 is 4.90. The van der Waals surface area contributed by atoms with Crippen molar-refractivity contribution in [3.8, 4) is 0 Å². The monoisotopic (exact) mass is 301 g/mol. The highest BCUT2D eigenvalue weighted by Gasteiger charge is 2.27. The second kappa shape index (κ2) is 8.74. The van der Waals surface area contributed by atoms with Crippen LogP contribution in [-0.2, 0) is 4.74 Å². The predicted molar refractivity (Wildman–Crippen MR) is 83.3 cm³/mol. The van der Waals surface area contributed by atoms with E-state index in [9.17, 15) is 4.79 Å². The smallest absolute Gasteiger partial charge is 0.314 e. The van der Waals surface area contributed by atoms with Crippen LogP contribution in [0.1, 0.15) is 19.3 Å². The van der Waals surface area contributed by atoms with Gasteiger partial charge in [0.15, 0.2) is 0 Å². The Labute approximate surface area is 126 Å². The van der Waals surface area contributed by atoms with Gasteiger partial charge in [-0.15, -0.1) is 0 Å². The van der Waals surface area contributed by atoms with Gasteiger partial charge in [0.05, 0.1) is 6.61 Å². The summed E-state index contributed by atoms with van der Waals surface area (Å²) in [4.78, 5) is 14.2. The molecule has 116 valence electrons. The summed E-state index contributed by atoms with van der Waals surface area (Å²) >= 11 is 2.08. The Kier molecular flexibility index (Phi) is 6.96. The Bertz CT molecular complexity index is 290. The van der Waals surface area contributed by atoms with Gasteiger partial charge in [0.25, 0.3) is 0 Å². The van der Waals surface area contributed by atoms with Gasteiger partial charge in [-0.1, -0.05) is 0 Å². The van der Waals surface area contributed by atoms with Crippen LogP contribution in [0, 0.1) is 5.92 Å². The zero-order valence-electron chi connectivity index (χ0n) is 12.4. The summed E-state index contributed by atoms with van der Waals surface area (Å²) in [5.41, 5.74) is 0. The molecule has 0 aliphatic carbocycles. The van der Waals surface area contributed by atoms with E-state index in [4.69, 9.17) is 4.74 Å². The lowest BCUT2D eigenvalue weighted by Crippen LogP contribution is -2.45. The number of likely N-dealkylation sites (tertiary alicyclic amines) is 1. The summed E-state index contributed by atoms with van der Waals surface area (Å²) in [6.07, 6.45) is 3.77. The van der Waals surface area contributed by atoms with Gasteiger partial charge < -0.3 is 15.4 Å². The van der Waals surface area contributed by atoms with Crippen molar-refractivity contribution in [2.45, 2.75) is 25.3 Å². The van der Waals surface area contributed by atoms with Crippen LogP contribution < -0.4 is 10.6 Å². The molecule has 0 radical (unpaired) electrons. The molecule has 2 saturated heterocycles. The van der Waals surface area contributed by atoms with Crippen LogP contribution in [0.25, 0.3) is 0 Å². The third-order valence-electron chi connectivity index (χ3n) is 4.21. The number of piperidine rings is 1. The molecule has 2 N–H and O–H groups in total. The lowest BCUT2D eigenvalue weighted by Gasteiger charge is -2.35. The van der Waals surface area contributed by atoms with Crippen molar-refractivity contribution in [2.24, 2.45) is 5.92 Å². The molecule has 20 heavy (non-hydrogen) atoms. The lowest BCUT2D eigenvalue weighted by atomic mass is 9.95. The number of hydrogen-bond acceptors (Lipinski definition) is 4. The Morgan fingerprint density at radius 3 is 2.75 bits per heavy atom. The molecule has 6 heteroatoms. The normalized spacial score (nSPS) is 24.8. The maximum absolute atomic E-state index is 11.5. The minimum atomic E-state index is -0.0725. The van der Waals surface area contributed by atoms with Crippen LogP contribution in [0.4, 0.5) is 4.79 Å². The van der Waals surface area contributed by atoms with Crippen molar-refractivity contribution in [3.05, 3.63) is 0 Å². The second-order valence-electron chi connectivity index (χ2n) is 5.63. The first kappa shape index (κ1) is 15.9. The van der Waals surface area contributed by atoms with Gasteiger partial charge in [-0.2, -0.15) is 11.8 Å². The molecule has 2 aliphatic heterocycles. The van der Waals surface area contributed by atoms with Crippen molar-refractivity contribution in [1.29, 1.82) is 0 Å².